The van der Waals surface area contributed by atoms with Crippen LogP contribution in [0.4, 0.5) is 0 Å². The predicted octanol–water partition coefficient (Wildman–Crippen LogP) is 1.31. The van der Waals surface area contributed by atoms with E-state index in [1.165, 1.54) is 0 Å². The lowest BCUT2D eigenvalue weighted by atomic mass is 10.0. The van der Waals surface area contributed by atoms with Crippen LogP contribution in [0.1, 0.15) is 24.2 Å². The molecule has 1 aliphatic rings. The smallest absolute Gasteiger partial charge is 0.253 e. The maximum atomic E-state index is 12.6. The van der Waals surface area contributed by atoms with Crippen LogP contribution in [-0.2, 0) is 7.05 Å². The van der Waals surface area contributed by atoms with E-state index in [-0.39, 0.29) is 11.4 Å². The fourth-order valence-electron chi connectivity index (χ4n) is 2.73. The van der Waals surface area contributed by atoms with Gasteiger partial charge in [0, 0.05) is 43.3 Å². The maximum absolute atomic E-state index is 12.6. The maximum Gasteiger partial charge on any atom is 0.253 e. The highest BCUT2D eigenvalue weighted by Gasteiger charge is 2.29. The molecule has 1 N–H and O–H groups in total. The summed E-state index contributed by atoms with van der Waals surface area (Å²) in [6, 6.07) is 7.50. The van der Waals surface area contributed by atoms with Gasteiger partial charge < -0.3 is 10.2 Å². The normalized spacial score (nSPS) is 17.5. The fraction of sp³-hybridized carbons (Fsp3) is 0.438. The molecule has 0 atom stereocenters. The summed E-state index contributed by atoms with van der Waals surface area (Å²) in [7, 11) is 1.83. The molecule has 0 unspecified atom stereocenters. The highest BCUT2D eigenvalue weighted by molar-refractivity contribution is 5.94. The van der Waals surface area contributed by atoms with Crippen LogP contribution in [0, 0.1) is 0 Å². The second-order valence-electron chi connectivity index (χ2n) is 6.36. The Morgan fingerprint density at radius 3 is 2.59 bits per heavy atom. The quantitative estimate of drug-likeness (QED) is 0.908. The van der Waals surface area contributed by atoms with Gasteiger partial charge in [-0.15, -0.1) is 0 Å². The molecule has 0 bridgehead atoms. The first-order chi connectivity index (χ1) is 10.4. The average molecular weight is 299 g/mol. The Hall–Kier alpha value is -2.21. The third-order valence-electron chi connectivity index (χ3n) is 3.85. The summed E-state index contributed by atoms with van der Waals surface area (Å²) in [6.07, 6.45) is 1.66. The van der Waals surface area contributed by atoms with E-state index in [0.29, 0.717) is 11.4 Å². The van der Waals surface area contributed by atoms with Gasteiger partial charge in [-0.3, -0.25) is 9.48 Å². The van der Waals surface area contributed by atoms with Crippen molar-refractivity contribution < 1.29 is 4.79 Å². The summed E-state index contributed by atoms with van der Waals surface area (Å²) in [5, 5.41) is 7.68. The Kier molecular flexibility index (Phi) is 3.70. The van der Waals surface area contributed by atoms with Crippen molar-refractivity contribution in [1.82, 2.24) is 25.0 Å². The summed E-state index contributed by atoms with van der Waals surface area (Å²) in [6.45, 7) is 6.51. The molecule has 116 valence electrons. The number of piperazine rings is 1. The van der Waals surface area contributed by atoms with Crippen LogP contribution in [0.5, 0.6) is 0 Å². The Balaban J connectivity index is 1.76. The number of carbonyl (C=O) groups is 1. The molecule has 6 nitrogen and oxygen atoms in total. The van der Waals surface area contributed by atoms with E-state index in [9.17, 15) is 4.79 Å². The molecule has 0 radical (unpaired) electrons. The molecule has 0 saturated carbocycles. The van der Waals surface area contributed by atoms with Crippen LogP contribution in [0.3, 0.4) is 0 Å². The number of benzene rings is 1. The summed E-state index contributed by atoms with van der Waals surface area (Å²) in [4.78, 5) is 18.7. The number of nitrogens with zero attached hydrogens (tertiary/aromatic N) is 4. The van der Waals surface area contributed by atoms with Crippen LogP contribution in [0.15, 0.2) is 30.6 Å². The van der Waals surface area contributed by atoms with Gasteiger partial charge in [0.2, 0.25) is 0 Å². The molecule has 0 aliphatic carbocycles. The van der Waals surface area contributed by atoms with Gasteiger partial charge >= 0.3 is 0 Å². The van der Waals surface area contributed by atoms with Crippen LogP contribution in [0.25, 0.3) is 11.4 Å². The van der Waals surface area contributed by atoms with Gasteiger partial charge in [-0.1, -0.05) is 12.1 Å². The molecule has 1 aliphatic heterocycles. The fourth-order valence-corrected chi connectivity index (χ4v) is 2.73. The summed E-state index contributed by atoms with van der Waals surface area (Å²) >= 11 is 0. The number of hydrogen-bond donors (Lipinski definition) is 1. The topological polar surface area (TPSA) is 63.1 Å². The number of amides is 1. The third-order valence-corrected chi connectivity index (χ3v) is 3.85. The van der Waals surface area contributed by atoms with E-state index < -0.39 is 0 Å². The first-order valence-corrected chi connectivity index (χ1v) is 7.45. The standard InChI is InChI=1S/C16H21N5O/c1-16(2)10-21(9-8-18-16)15(22)13-6-4-12(5-7-13)14-17-11-20(3)19-14/h4-7,11,18H,8-10H2,1-3H3. The second kappa shape index (κ2) is 5.53. The van der Waals surface area contributed by atoms with Gasteiger partial charge in [-0.05, 0) is 26.0 Å². The molecule has 1 fully saturated rings. The van der Waals surface area contributed by atoms with E-state index in [4.69, 9.17) is 0 Å². The summed E-state index contributed by atoms with van der Waals surface area (Å²) in [5.41, 5.74) is 1.58. The third kappa shape index (κ3) is 3.01. The Morgan fingerprint density at radius 1 is 1.27 bits per heavy atom. The van der Waals surface area contributed by atoms with E-state index in [2.05, 4.69) is 29.2 Å². The zero-order chi connectivity index (χ0) is 15.7. The second-order valence-corrected chi connectivity index (χ2v) is 6.36. The van der Waals surface area contributed by atoms with Crippen LogP contribution in [0.2, 0.25) is 0 Å². The molecule has 2 heterocycles. The number of carbonyl (C=O) groups excluding carboxylic acids is 1. The average Bonchev–Trinajstić information content (AvgIpc) is 2.92. The SMILES string of the molecule is Cn1cnc(-c2ccc(C(=O)N3CCNC(C)(C)C3)cc2)n1. The zero-order valence-corrected chi connectivity index (χ0v) is 13.2. The lowest BCUT2D eigenvalue weighted by molar-refractivity contribution is 0.0652. The van der Waals surface area contributed by atoms with Gasteiger partial charge in [0.15, 0.2) is 5.82 Å². The molecule has 3 rings (SSSR count). The monoisotopic (exact) mass is 299 g/mol. The van der Waals surface area contributed by atoms with Gasteiger partial charge in [0.05, 0.1) is 0 Å². The molecule has 1 saturated heterocycles. The van der Waals surface area contributed by atoms with Crippen molar-refractivity contribution in [1.29, 1.82) is 0 Å². The molecule has 22 heavy (non-hydrogen) atoms. The Morgan fingerprint density at radius 2 is 2.00 bits per heavy atom. The van der Waals surface area contributed by atoms with E-state index in [1.807, 2.05) is 36.2 Å². The van der Waals surface area contributed by atoms with Crippen molar-refractivity contribution in [2.75, 3.05) is 19.6 Å². The molecular formula is C16H21N5O. The van der Waals surface area contributed by atoms with Crippen molar-refractivity contribution in [3.63, 3.8) is 0 Å². The van der Waals surface area contributed by atoms with Crippen molar-refractivity contribution in [3.05, 3.63) is 36.2 Å². The Labute approximate surface area is 130 Å². The lowest BCUT2D eigenvalue weighted by Gasteiger charge is -2.39. The molecule has 0 spiro atoms. The molecular weight excluding hydrogens is 278 g/mol. The van der Waals surface area contributed by atoms with Crippen molar-refractivity contribution in [2.24, 2.45) is 7.05 Å². The minimum atomic E-state index is -0.0360. The minimum Gasteiger partial charge on any atom is -0.336 e. The van der Waals surface area contributed by atoms with E-state index in [1.54, 1.807) is 11.0 Å². The molecule has 1 amide bonds. The van der Waals surface area contributed by atoms with Crippen molar-refractivity contribution in [2.45, 2.75) is 19.4 Å². The van der Waals surface area contributed by atoms with Crippen LogP contribution >= 0.6 is 0 Å². The van der Waals surface area contributed by atoms with Gasteiger partial charge in [-0.25, -0.2) is 4.98 Å². The van der Waals surface area contributed by atoms with Gasteiger partial charge in [0.1, 0.15) is 6.33 Å². The van der Waals surface area contributed by atoms with Gasteiger partial charge in [0.25, 0.3) is 5.91 Å². The van der Waals surface area contributed by atoms with Crippen molar-refractivity contribution >= 4 is 5.91 Å². The highest BCUT2D eigenvalue weighted by atomic mass is 16.2. The minimum absolute atomic E-state index is 0.0360. The zero-order valence-electron chi connectivity index (χ0n) is 13.2. The summed E-state index contributed by atoms with van der Waals surface area (Å²) < 4.78 is 1.66. The van der Waals surface area contributed by atoms with E-state index in [0.717, 1.165) is 25.2 Å². The number of rotatable bonds is 2. The lowest BCUT2D eigenvalue weighted by Crippen LogP contribution is -2.58. The molecule has 2 aromatic rings. The predicted molar refractivity (Wildman–Crippen MR) is 84.4 cm³/mol. The highest BCUT2D eigenvalue weighted by Crippen LogP contribution is 2.18. The van der Waals surface area contributed by atoms with Gasteiger partial charge in [-0.2, -0.15) is 5.10 Å². The molecule has 1 aromatic carbocycles. The summed E-state index contributed by atoms with van der Waals surface area (Å²) in [5.74, 6) is 0.750. The number of aromatic nitrogens is 3. The number of hydrogen-bond acceptors (Lipinski definition) is 4. The number of nitrogens with one attached hydrogen (secondary N) is 1. The molecule has 6 heteroatoms. The van der Waals surface area contributed by atoms with E-state index >= 15 is 0 Å². The van der Waals surface area contributed by atoms with Crippen molar-refractivity contribution in [3.8, 4) is 11.4 Å². The Bertz CT molecular complexity index is 674. The van der Waals surface area contributed by atoms with Crippen LogP contribution < -0.4 is 5.32 Å². The first kappa shape index (κ1) is 14.7. The first-order valence-electron chi connectivity index (χ1n) is 7.45. The largest absolute Gasteiger partial charge is 0.336 e. The molecule has 1 aromatic heterocycles. The van der Waals surface area contributed by atoms with Crippen LogP contribution in [-0.4, -0.2) is 50.7 Å². The number of aryl methyl sites for hydroxylation is 1.